The molecule has 0 spiro atoms. The molecule has 0 fully saturated rings. The van der Waals surface area contributed by atoms with Crippen LogP contribution in [0.3, 0.4) is 0 Å². The third kappa shape index (κ3) is 2.32. The molecule has 1 unspecified atom stereocenters. The topological polar surface area (TPSA) is 46.3 Å². The molecule has 1 aliphatic heterocycles. The zero-order valence-corrected chi connectivity index (χ0v) is 8.67. The van der Waals surface area contributed by atoms with Crippen molar-refractivity contribution in [2.24, 2.45) is 5.73 Å². The lowest BCUT2D eigenvalue weighted by Crippen LogP contribution is -2.44. The Morgan fingerprint density at radius 2 is 2.50 bits per heavy atom. The van der Waals surface area contributed by atoms with Gasteiger partial charge in [-0.15, -0.1) is 0 Å². The molecule has 0 saturated carbocycles. The number of carbonyl (C=O) groups is 1. The van der Waals surface area contributed by atoms with E-state index in [-0.39, 0.29) is 11.9 Å². The van der Waals surface area contributed by atoms with Crippen molar-refractivity contribution in [1.82, 2.24) is 4.90 Å². The molecule has 3 nitrogen and oxygen atoms in total. The molecular weight excluding hydrogens is 220 g/mol. The average Bonchev–Trinajstić information content (AvgIpc) is 2.03. The molecule has 2 N–H and O–H groups in total. The predicted molar refractivity (Wildman–Crippen MR) is 51.9 cm³/mol. The summed E-state index contributed by atoms with van der Waals surface area (Å²) in [6.07, 6.45) is 3.11. The fourth-order valence-corrected chi connectivity index (χ4v) is 1.79. The van der Waals surface area contributed by atoms with Crippen molar-refractivity contribution < 1.29 is 4.79 Å². The molecule has 0 aromatic rings. The monoisotopic (exact) mass is 232 g/mol. The molecule has 0 aliphatic carbocycles. The largest absolute Gasteiger partial charge is 0.368 e. The van der Waals surface area contributed by atoms with Crippen molar-refractivity contribution in [1.29, 1.82) is 0 Å². The van der Waals surface area contributed by atoms with E-state index in [9.17, 15) is 4.79 Å². The molecule has 1 rings (SSSR count). The van der Waals surface area contributed by atoms with Crippen LogP contribution in [0.2, 0.25) is 0 Å². The minimum atomic E-state index is -0.253. The van der Waals surface area contributed by atoms with E-state index in [4.69, 9.17) is 5.73 Å². The Balaban J connectivity index is 2.54. The van der Waals surface area contributed by atoms with Gasteiger partial charge in [0.2, 0.25) is 5.91 Å². The molecule has 0 bridgehead atoms. The quantitative estimate of drug-likeness (QED) is 0.768. The number of nitrogens with two attached hydrogens (primary N) is 1. The van der Waals surface area contributed by atoms with Crippen LogP contribution < -0.4 is 5.73 Å². The van der Waals surface area contributed by atoms with Crippen molar-refractivity contribution in [3.63, 3.8) is 0 Å². The van der Waals surface area contributed by atoms with Crippen LogP contribution in [0.1, 0.15) is 13.3 Å². The van der Waals surface area contributed by atoms with Gasteiger partial charge in [-0.05, 0) is 13.3 Å². The summed E-state index contributed by atoms with van der Waals surface area (Å²) in [7, 11) is 0. The minimum absolute atomic E-state index is 0.161. The van der Waals surface area contributed by atoms with E-state index in [1.54, 1.807) is 0 Å². The van der Waals surface area contributed by atoms with Crippen molar-refractivity contribution in [3.8, 4) is 0 Å². The van der Waals surface area contributed by atoms with Gasteiger partial charge < -0.3 is 5.73 Å². The highest BCUT2D eigenvalue weighted by Crippen LogP contribution is 2.16. The number of rotatable bonds is 2. The Kier molecular flexibility index (Phi) is 3.29. The second-order valence-corrected chi connectivity index (χ2v) is 4.01. The van der Waals surface area contributed by atoms with E-state index in [0.717, 1.165) is 24.0 Å². The molecule has 1 aliphatic rings. The Hall–Kier alpha value is -0.350. The summed E-state index contributed by atoms with van der Waals surface area (Å²) in [6, 6.07) is -0.161. The molecular formula is C8H13BrN2O. The third-order valence-electron chi connectivity index (χ3n) is 2.10. The van der Waals surface area contributed by atoms with Gasteiger partial charge in [0.05, 0.1) is 6.04 Å². The van der Waals surface area contributed by atoms with Gasteiger partial charge in [0.25, 0.3) is 0 Å². The van der Waals surface area contributed by atoms with Crippen molar-refractivity contribution in [2.75, 3.05) is 13.1 Å². The van der Waals surface area contributed by atoms with E-state index in [2.05, 4.69) is 26.9 Å². The van der Waals surface area contributed by atoms with E-state index in [0.29, 0.717) is 0 Å². The smallest absolute Gasteiger partial charge is 0.234 e. The summed E-state index contributed by atoms with van der Waals surface area (Å²) in [5.74, 6) is -0.253. The van der Waals surface area contributed by atoms with E-state index < -0.39 is 0 Å². The van der Waals surface area contributed by atoms with Crippen LogP contribution in [0.5, 0.6) is 0 Å². The number of hydrogen-bond acceptors (Lipinski definition) is 2. The predicted octanol–water partition coefficient (Wildman–Crippen LogP) is 0.845. The molecule has 1 amide bonds. The molecule has 0 aromatic carbocycles. The Labute approximate surface area is 80.7 Å². The summed E-state index contributed by atoms with van der Waals surface area (Å²) in [5, 5.41) is 0. The first kappa shape index (κ1) is 9.74. The van der Waals surface area contributed by atoms with Gasteiger partial charge in [-0.3, -0.25) is 9.69 Å². The highest BCUT2D eigenvalue weighted by Gasteiger charge is 2.20. The molecule has 12 heavy (non-hydrogen) atoms. The average molecular weight is 233 g/mol. The summed E-state index contributed by atoms with van der Waals surface area (Å²) in [4.78, 5) is 12.9. The highest BCUT2D eigenvalue weighted by atomic mass is 79.9. The summed E-state index contributed by atoms with van der Waals surface area (Å²) in [6.45, 7) is 3.55. The van der Waals surface area contributed by atoms with Gasteiger partial charge in [-0.1, -0.05) is 22.0 Å². The number of hydrogen-bond donors (Lipinski definition) is 1. The molecule has 1 atom stereocenters. The van der Waals surface area contributed by atoms with E-state index in [1.165, 1.54) is 0 Å². The fraction of sp³-hybridized carbons (Fsp3) is 0.625. The molecule has 0 radical (unpaired) electrons. The van der Waals surface area contributed by atoms with Crippen molar-refractivity contribution in [3.05, 3.63) is 10.6 Å². The van der Waals surface area contributed by atoms with Crippen LogP contribution >= 0.6 is 15.9 Å². The third-order valence-corrected chi connectivity index (χ3v) is 2.67. The number of nitrogens with zero attached hydrogens (tertiary/aromatic N) is 1. The first-order valence-corrected chi connectivity index (χ1v) is 4.78. The van der Waals surface area contributed by atoms with Gasteiger partial charge in [-0.25, -0.2) is 0 Å². The number of carbonyl (C=O) groups excluding carboxylic acids is 1. The van der Waals surface area contributed by atoms with Gasteiger partial charge >= 0.3 is 0 Å². The molecule has 0 saturated heterocycles. The minimum Gasteiger partial charge on any atom is -0.368 e. The van der Waals surface area contributed by atoms with Gasteiger partial charge in [-0.2, -0.15) is 0 Å². The highest BCUT2D eigenvalue weighted by molar-refractivity contribution is 9.11. The SMILES string of the molecule is CC(C(N)=O)N1CCC=C(Br)C1. The van der Waals surface area contributed by atoms with Crippen LogP contribution in [0, 0.1) is 0 Å². The second-order valence-electron chi connectivity index (χ2n) is 2.99. The zero-order valence-electron chi connectivity index (χ0n) is 7.09. The lowest BCUT2D eigenvalue weighted by molar-refractivity contribution is -0.122. The van der Waals surface area contributed by atoms with Gasteiger partial charge in [0.1, 0.15) is 0 Å². The first-order chi connectivity index (χ1) is 5.61. The molecule has 0 aromatic heterocycles. The maximum absolute atomic E-state index is 10.9. The Morgan fingerprint density at radius 1 is 1.83 bits per heavy atom. The fourth-order valence-electron chi connectivity index (χ4n) is 1.24. The lowest BCUT2D eigenvalue weighted by atomic mass is 10.2. The Bertz CT molecular complexity index is 215. The normalized spacial score (nSPS) is 21.7. The van der Waals surface area contributed by atoms with E-state index in [1.807, 2.05) is 6.92 Å². The molecule has 68 valence electrons. The maximum atomic E-state index is 10.9. The van der Waals surface area contributed by atoms with Crippen LogP contribution in [-0.2, 0) is 4.79 Å². The van der Waals surface area contributed by atoms with Crippen LogP contribution in [0.15, 0.2) is 10.6 Å². The number of amides is 1. The lowest BCUT2D eigenvalue weighted by Gasteiger charge is -2.29. The maximum Gasteiger partial charge on any atom is 0.234 e. The summed E-state index contributed by atoms with van der Waals surface area (Å²) in [5.41, 5.74) is 5.20. The Morgan fingerprint density at radius 3 is 3.00 bits per heavy atom. The molecule has 4 heteroatoms. The first-order valence-electron chi connectivity index (χ1n) is 3.99. The van der Waals surface area contributed by atoms with Gasteiger partial charge in [0.15, 0.2) is 0 Å². The number of primary amides is 1. The zero-order chi connectivity index (χ0) is 9.14. The standard InChI is InChI=1S/C8H13BrN2O/c1-6(8(10)12)11-4-2-3-7(9)5-11/h3,6H,2,4-5H2,1H3,(H2,10,12). The second kappa shape index (κ2) is 4.05. The van der Waals surface area contributed by atoms with Crippen LogP contribution in [0.4, 0.5) is 0 Å². The summed E-state index contributed by atoms with van der Waals surface area (Å²) >= 11 is 3.41. The van der Waals surface area contributed by atoms with E-state index >= 15 is 0 Å². The van der Waals surface area contributed by atoms with Crippen LogP contribution in [-0.4, -0.2) is 29.9 Å². The van der Waals surface area contributed by atoms with Crippen molar-refractivity contribution >= 4 is 21.8 Å². The van der Waals surface area contributed by atoms with Gasteiger partial charge in [0, 0.05) is 17.6 Å². The van der Waals surface area contributed by atoms with Crippen molar-refractivity contribution in [2.45, 2.75) is 19.4 Å². The summed E-state index contributed by atoms with van der Waals surface area (Å²) < 4.78 is 1.14. The number of halogens is 1. The van der Waals surface area contributed by atoms with Crippen LogP contribution in [0.25, 0.3) is 0 Å². The molecule has 1 heterocycles.